The second kappa shape index (κ2) is 11.2. The first-order valence-corrected chi connectivity index (χ1v) is 10.6. The van der Waals surface area contributed by atoms with Crippen LogP contribution < -0.4 is 4.74 Å². The van der Waals surface area contributed by atoms with Crippen molar-refractivity contribution >= 4 is 40.6 Å². The van der Waals surface area contributed by atoms with Crippen LogP contribution >= 0.6 is 11.6 Å². The maximum atomic E-state index is 11.0. The van der Waals surface area contributed by atoms with Crippen LogP contribution in [0.3, 0.4) is 0 Å². The highest BCUT2D eigenvalue weighted by Gasteiger charge is 2.15. The molecular formula is C27H24ClNO4. The van der Waals surface area contributed by atoms with Crippen LogP contribution in [0.4, 0.5) is 0 Å². The van der Waals surface area contributed by atoms with Gasteiger partial charge in [0.05, 0.1) is 11.2 Å². The second-order valence-electron chi connectivity index (χ2n) is 7.21. The third kappa shape index (κ3) is 6.82. The van der Waals surface area contributed by atoms with Crippen LogP contribution in [0.25, 0.3) is 23.1 Å². The largest absolute Gasteiger partial charge is 0.489 e. The van der Waals surface area contributed by atoms with E-state index in [1.807, 2.05) is 66.7 Å². The van der Waals surface area contributed by atoms with E-state index in [1.165, 1.54) is 6.92 Å². The number of ether oxygens (including phenoxy) is 2. The van der Waals surface area contributed by atoms with Crippen LogP contribution in [0, 0.1) is 0 Å². The quantitative estimate of drug-likeness (QED) is 0.274. The Hall–Kier alpha value is -3.83. The lowest BCUT2D eigenvalue weighted by atomic mass is 10.1. The molecule has 33 heavy (non-hydrogen) atoms. The second-order valence-corrected chi connectivity index (χ2v) is 7.65. The fourth-order valence-electron chi connectivity index (χ4n) is 2.92. The molecule has 0 bridgehead atoms. The first kappa shape index (κ1) is 23.8. The number of allylic oxidation sites excluding steroid dienone is 2. The molecule has 0 radical (unpaired) electrons. The summed E-state index contributed by atoms with van der Waals surface area (Å²) in [7, 11) is 0. The molecule has 1 heterocycles. The molecule has 5 nitrogen and oxygen atoms in total. The predicted octanol–water partition coefficient (Wildman–Crippen LogP) is 6.55. The van der Waals surface area contributed by atoms with Gasteiger partial charge in [0.25, 0.3) is 0 Å². The number of carbonyl (C=O) groups is 1. The van der Waals surface area contributed by atoms with Gasteiger partial charge in [0.15, 0.2) is 6.10 Å². The predicted molar refractivity (Wildman–Crippen MR) is 133 cm³/mol. The topological polar surface area (TPSA) is 68.7 Å². The smallest absolute Gasteiger partial charge is 0.344 e. The molecule has 1 aromatic heterocycles. The molecule has 0 spiro atoms. The zero-order valence-electron chi connectivity index (χ0n) is 18.2. The van der Waals surface area contributed by atoms with Gasteiger partial charge in [-0.3, -0.25) is 0 Å². The fourth-order valence-corrected chi connectivity index (χ4v) is 3.09. The van der Waals surface area contributed by atoms with E-state index in [4.69, 9.17) is 26.2 Å². The molecule has 6 heteroatoms. The number of rotatable bonds is 10. The summed E-state index contributed by atoms with van der Waals surface area (Å²) in [5.41, 5.74) is 3.27. The maximum Gasteiger partial charge on any atom is 0.344 e. The molecule has 0 saturated heterocycles. The number of fused-ring (bicyclic) bond motifs is 1. The highest BCUT2D eigenvalue weighted by atomic mass is 35.5. The molecule has 0 fully saturated rings. The van der Waals surface area contributed by atoms with Gasteiger partial charge in [-0.1, -0.05) is 67.3 Å². The molecule has 1 atom stereocenters. The molecule has 3 rings (SSSR count). The summed E-state index contributed by atoms with van der Waals surface area (Å²) in [4.78, 5) is 15.6. The van der Waals surface area contributed by atoms with Gasteiger partial charge in [0.1, 0.15) is 18.1 Å². The fraction of sp³-hybridized carbons (Fsp3) is 0.111. The van der Waals surface area contributed by atoms with Gasteiger partial charge in [0.2, 0.25) is 0 Å². The third-order valence-electron chi connectivity index (χ3n) is 4.74. The minimum absolute atomic E-state index is 0.163. The minimum Gasteiger partial charge on any atom is -0.489 e. The van der Waals surface area contributed by atoms with Crippen molar-refractivity contribution in [3.05, 3.63) is 108 Å². The van der Waals surface area contributed by atoms with Gasteiger partial charge in [-0.2, -0.15) is 0 Å². The van der Waals surface area contributed by atoms with E-state index >= 15 is 0 Å². The number of halogens is 1. The van der Waals surface area contributed by atoms with E-state index in [9.17, 15) is 4.79 Å². The molecule has 3 aromatic rings. The zero-order chi connectivity index (χ0) is 23.8. The summed E-state index contributed by atoms with van der Waals surface area (Å²) in [5, 5.41) is 10.7. The highest BCUT2D eigenvalue weighted by molar-refractivity contribution is 6.31. The Kier molecular flexibility index (Phi) is 8.06. The van der Waals surface area contributed by atoms with Crippen LogP contribution in [0.1, 0.15) is 18.2 Å². The Morgan fingerprint density at radius 2 is 1.88 bits per heavy atom. The number of benzene rings is 2. The average Bonchev–Trinajstić information content (AvgIpc) is 2.80. The van der Waals surface area contributed by atoms with E-state index < -0.39 is 12.1 Å². The van der Waals surface area contributed by atoms with Crippen LogP contribution in [0.15, 0.2) is 91.2 Å². The number of carboxylic acid groups (broad SMARTS) is 1. The van der Waals surface area contributed by atoms with Crippen LogP contribution in [-0.2, 0) is 9.53 Å². The van der Waals surface area contributed by atoms with E-state index in [2.05, 4.69) is 18.1 Å². The standard InChI is InChI=1S/C27H24ClNO4/c1-4-5-22(18(2)33-19(3)27(30)31)17-32-25-14-7-20(8-15-25)6-12-24-13-10-21-9-11-23(28)16-26(21)29-24/h4-16,19H,1-2,17H2,3H3,(H,30,31)/b12-6+,22-5-. The van der Waals surface area contributed by atoms with Crippen molar-refractivity contribution in [1.29, 1.82) is 0 Å². The number of aromatic nitrogens is 1. The van der Waals surface area contributed by atoms with Crippen LogP contribution in [0.2, 0.25) is 5.02 Å². The Labute approximate surface area is 197 Å². The van der Waals surface area contributed by atoms with Crippen molar-refractivity contribution in [2.75, 3.05) is 6.61 Å². The molecule has 1 unspecified atom stereocenters. The van der Waals surface area contributed by atoms with Crippen molar-refractivity contribution in [2.24, 2.45) is 0 Å². The summed E-state index contributed by atoms with van der Waals surface area (Å²) in [6.45, 7) is 9.06. The molecular weight excluding hydrogens is 438 g/mol. The zero-order valence-corrected chi connectivity index (χ0v) is 19.0. The highest BCUT2D eigenvalue weighted by Crippen LogP contribution is 2.20. The van der Waals surface area contributed by atoms with Crippen molar-refractivity contribution in [2.45, 2.75) is 13.0 Å². The van der Waals surface area contributed by atoms with Gasteiger partial charge >= 0.3 is 5.97 Å². The van der Waals surface area contributed by atoms with Gasteiger partial charge in [0, 0.05) is 16.0 Å². The van der Waals surface area contributed by atoms with Crippen molar-refractivity contribution in [3.8, 4) is 5.75 Å². The lowest BCUT2D eigenvalue weighted by Crippen LogP contribution is -2.20. The summed E-state index contributed by atoms with van der Waals surface area (Å²) in [6, 6.07) is 17.2. The first-order valence-electron chi connectivity index (χ1n) is 10.2. The van der Waals surface area contributed by atoms with Gasteiger partial charge in [-0.25, -0.2) is 9.78 Å². The number of carboxylic acids is 1. The van der Waals surface area contributed by atoms with Crippen molar-refractivity contribution in [3.63, 3.8) is 0 Å². The normalized spacial score (nSPS) is 12.5. The minimum atomic E-state index is -1.07. The average molecular weight is 462 g/mol. The molecule has 0 saturated carbocycles. The van der Waals surface area contributed by atoms with E-state index in [0.29, 0.717) is 16.3 Å². The number of pyridine rings is 1. The molecule has 0 aliphatic rings. The Morgan fingerprint density at radius 3 is 2.58 bits per heavy atom. The first-order chi connectivity index (χ1) is 15.9. The summed E-state index contributed by atoms with van der Waals surface area (Å²) in [5.74, 6) is -0.186. The van der Waals surface area contributed by atoms with Crippen LogP contribution in [-0.4, -0.2) is 28.8 Å². The maximum absolute atomic E-state index is 11.0. The number of aliphatic carboxylic acids is 1. The molecule has 2 aromatic carbocycles. The Morgan fingerprint density at radius 1 is 1.15 bits per heavy atom. The van der Waals surface area contributed by atoms with Crippen molar-refractivity contribution < 1.29 is 19.4 Å². The van der Waals surface area contributed by atoms with E-state index in [-0.39, 0.29) is 12.4 Å². The summed E-state index contributed by atoms with van der Waals surface area (Å²) in [6.07, 6.45) is 6.14. The third-order valence-corrected chi connectivity index (χ3v) is 4.98. The van der Waals surface area contributed by atoms with E-state index in [0.717, 1.165) is 22.2 Å². The summed E-state index contributed by atoms with van der Waals surface area (Å²) >= 11 is 6.06. The summed E-state index contributed by atoms with van der Waals surface area (Å²) < 4.78 is 11.1. The Bertz CT molecular complexity index is 1230. The van der Waals surface area contributed by atoms with Gasteiger partial charge in [-0.15, -0.1) is 0 Å². The van der Waals surface area contributed by atoms with Crippen molar-refractivity contribution in [1.82, 2.24) is 4.98 Å². The molecule has 0 aliphatic heterocycles. The monoisotopic (exact) mass is 461 g/mol. The number of hydrogen-bond donors (Lipinski definition) is 1. The number of hydrogen-bond acceptors (Lipinski definition) is 4. The van der Waals surface area contributed by atoms with Crippen LogP contribution in [0.5, 0.6) is 5.75 Å². The number of nitrogens with zero attached hydrogens (tertiary/aromatic N) is 1. The molecule has 168 valence electrons. The lowest BCUT2D eigenvalue weighted by molar-refractivity contribution is -0.146. The van der Waals surface area contributed by atoms with Gasteiger partial charge < -0.3 is 14.6 Å². The molecule has 1 N–H and O–H groups in total. The van der Waals surface area contributed by atoms with E-state index in [1.54, 1.807) is 12.2 Å². The molecule has 0 aliphatic carbocycles. The lowest BCUT2D eigenvalue weighted by Gasteiger charge is -2.16. The van der Waals surface area contributed by atoms with Gasteiger partial charge in [-0.05, 0) is 48.9 Å². The molecule has 0 amide bonds. The SMILES string of the molecule is C=C/C=C(/COc1ccc(/C=C/c2ccc3ccc(Cl)cc3n2)cc1)C(=C)OC(C)C(=O)O. The Balaban J connectivity index is 1.62.